The van der Waals surface area contributed by atoms with E-state index in [4.69, 9.17) is 20.8 Å². The first-order valence-electron chi connectivity index (χ1n) is 5.82. The lowest BCUT2D eigenvalue weighted by Gasteiger charge is -2.38. The van der Waals surface area contributed by atoms with E-state index in [1.54, 1.807) is 7.11 Å². The number of halogens is 1. The summed E-state index contributed by atoms with van der Waals surface area (Å²) >= 11 is 5.90. The molecule has 1 aliphatic rings. The summed E-state index contributed by atoms with van der Waals surface area (Å²) in [6, 6.07) is 0.537. The van der Waals surface area contributed by atoms with Crippen LogP contribution in [0.2, 0.25) is 0 Å². The molecule has 1 aliphatic heterocycles. The molecule has 0 aromatic carbocycles. The zero-order chi connectivity index (χ0) is 12.5. The molecular formula is C11H18ClN3O2. The van der Waals surface area contributed by atoms with Crippen molar-refractivity contribution >= 4 is 17.6 Å². The molecule has 0 saturated carbocycles. The van der Waals surface area contributed by atoms with E-state index in [-0.39, 0.29) is 11.0 Å². The minimum absolute atomic E-state index is 0.139. The van der Waals surface area contributed by atoms with Crippen LogP contribution in [0.5, 0.6) is 0 Å². The van der Waals surface area contributed by atoms with E-state index < -0.39 is 0 Å². The molecule has 1 saturated heterocycles. The number of anilines is 1. The molecule has 0 bridgehead atoms. The van der Waals surface area contributed by atoms with Crippen LogP contribution in [0.3, 0.4) is 0 Å². The van der Waals surface area contributed by atoms with Crippen LogP contribution in [0.25, 0.3) is 0 Å². The lowest BCUT2D eigenvalue weighted by Crippen LogP contribution is -2.47. The maximum Gasteiger partial charge on any atom is 0.318 e. The highest BCUT2D eigenvalue weighted by molar-refractivity contribution is 6.20. The molecule has 17 heavy (non-hydrogen) atoms. The number of piperidine rings is 1. The summed E-state index contributed by atoms with van der Waals surface area (Å²) in [4.78, 5) is 2.06. The smallest absolute Gasteiger partial charge is 0.318 e. The number of hydrogen-bond acceptors (Lipinski definition) is 5. The molecule has 0 amide bonds. The van der Waals surface area contributed by atoms with Crippen LogP contribution < -0.4 is 4.90 Å². The summed E-state index contributed by atoms with van der Waals surface area (Å²) in [5.41, 5.74) is -0.139. The van der Waals surface area contributed by atoms with Crippen LogP contribution >= 0.6 is 11.6 Å². The Hall–Kier alpha value is -0.810. The lowest BCUT2D eigenvalue weighted by molar-refractivity contribution is -0.00568. The Bertz CT molecular complexity index is 383. The highest BCUT2D eigenvalue weighted by atomic mass is 35.5. The second-order valence-electron chi connectivity index (χ2n) is 4.72. The van der Waals surface area contributed by atoms with Crippen molar-refractivity contribution in [2.45, 2.75) is 37.7 Å². The molecule has 1 aromatic rings. The van der Waals surface area contributed by atoms with Crippen LogP contribution in [-0.2, 0) is 4.74 Å². The summed E-state index contributed by atoms with van der Waals surface area (Å²) in [7, 11) is 1.74. The van der Waals surface area contributed by atoms with E-state index in [9.17, 15) is 0 Å². The normalized spacial score (nSPS) is 27.2. The van der Waals surface area contributed by atoms with Gasteiger partial charge in [-0.05, 0) is 26.7 Å². The Balaban J connectivity index is 2.11. The molecule has 5 nitrogen and oxygen atoms in total. The highest BCUT2D eigenvalue weighted by Crippen LogP contribution is 2.28. The first-order chi connectivity index (χ1) is 8.04. The quantitative estimate of drug-likeness (QED) is 0.780. The second-order valence-corrected chi connectivity index (χ2v) is 5.37. The minimum atomic E-state index is -0.255. The van der Waals surface area contributed by atoms with E-state index in [1.807, 2.05) is 6.92 Å². The number of aromatic nitrogens is 2. The van der Waals surface area contributed by atoms with E-state index in [0.29, 0.717) is 11.9 Å². The fourth-order valence-corrected chi connectivity index (χ4v) is 2.14. The molecule has 2 unspecified atom stereocenters. The zero-order valence-corrected chi connectivity index (χ0v) is 11.2. The summed E-state index contributed by atoms with van der Waals surface area (Å²) in [6.45, 7) is 5.59. The predicted octanol–water partition coefficient (Wildman–Crippen LogP) is 2.37. The molecule has 2 rings (SSSR count). The first-order valence-corrected chi connectivity index (χ1v) is 6.25. The highest BCUT2D eigenvalue weighted by Gasteiger charge is 2.33. The van der Waals surface area contributed by atoms with Gasteiger partial charge < -0.3 is 14.1 Å². The van der Waals surface area contributed by atoms with Gasteiger partial charge in [-0.25, -0.2) is 0 Å². The molecule has 0 radical (unpaired) electrons. The van der Waals surface area contributed by atoms with Crippen molar-refractivity contribution < 1.29 is 9.15 Å². The van der Waals surface area contributed by atoms with Gasteiger partial charge in [0.25, 0.3) is 0 Å². The van der Waals surface area contributed by atoms with Crippen molar-refractivity contribution in [1.82, 2.24) is 10.2 Å². The molecule has 1 aromatic heterocycles. The van der Waals surface area contributed by atoms with Gasteiger partial charge in [-0.15, -0.1) is 16.7 Å². The topological polar surface area (TPSA) is 51.4 Å². The summed E-state index contributed by atoms with van der Waals surface area (Å²) in [5.74, 6) is 0.464. The molecular weight excluding hydrogens is 242 g/mol. The van der Waals surface area contributed by atoms with Crippen molar-refractivity contribution in [3.63, 3.8) is 0 Å². The summed E-state index contributed by atoms with van der Waals surface area (Å²) in [6.07, 6.45) is 2.10. The van der Waals surface area contributed by atoms with Gasteiger partial charge in [0, 0.05) is 13.7 Å². The van der Waals surface area contributed by atoms with E-state index in [0.717, 1.165) is 25.9 Å². The second kappa shape index (κ2) is 4.82. The number of rotatable bonds is 3. The molecule has 6 heteroatoms. The van der Waals surface area contributed by atoms with Gasteiger partial charge in [0.05, 0.1) is 12.1 Å². The maximum atomic E-state index is 5.90. The molecule has 96 valence electrons. The Labute approximate surface area is 106 Å². The number of ether oxygens (including phenoxy) is 1. The number of hydrogen-bond donors (Lipinski definition) is 0. The molecule has 1 fully saturated rings. The SMILES string of the molecule is COC1(C)CCCN(c2nnc(C(C)Cl)o2)C1. The van der Waals surface area contributed by atoms with Gasteiger partial charge in [0.2, 0.25) is 5.89 Å². The van der Waals surface area contributed by atoms with Gasteiger partial charge >= 0.3 is 6.01 Å². The largest absolute Gasteiger partial charge is 0.406 e. The van der Waals surface area contributed by atoms with Crippen molar-refractivity contribution in [3.05, 3.63) is 5.89 Å². The number of nitrogens with zero attached hydrogens (tertiary/aromatic N) is 3. The Morgan fingerprint density at radius 3 is 2.88 bits per heavy atom. The van der Waals surface area contributed by atoms with E-state index in [1.165, 1.54) is 0 Å². The molecule has 2 heterocycles. The summed E-state index contributed by atoms with van der Waals surface area (Å²) in [5, 5.41) is 7.71. The fourth-order valence-electron chi connectivity index (χ4n) is 2.05. The van der Waals surface area contributed by atoms with Gasteiger partial charge in [-0.1, -0.05) is 5.10 Å². The average molecular weight is 260 g/mol. The Morgan fingerprint density at radius 2 is 2.29 bits per heavy atom. The predicted molar refractivity (Wildman–Crippen MR) is 65.4 cm³/mol. The van der Waals surface area contributed by atoms with Crippen molar-refractivity contribution in [2.24, 2.45) is 0 Å². The molecule has 0 spiro atoms. The van der Waals surface area contributed by atoms with Gasteiger partial charge in [-0.3, -0.25) is 0 Å². The van der Waals surface area contributed by atoms with E-state index >= 15 is 0 Å². The van der Waals surface area contributed by atoms with Crippen LogP contribution in [0.1, 0.15) is 38.0 Å². The van der Waals surface area contributed by atoms with Gasteiger partial charge in [0.1, 0.15) is 5.38 Å². The summed E-state index contributed by atoms with van der Waals surface area (Å²) < 4.78 is 11.1. The standard InChI is InChI=1S/C11H18ClN3O2/c1-8(12)9-13-14-10(17-9)15-6-4-5-11(2,7-15)16-3/h8H,4-7H2,1-3H3. The fraction of sp³-hybridized carbons (Fsp3) is 0.818. The van der Waals surface area contributed by atoms with Crippen molar-refractivity contribution in [3.8, 4) is 0 Å². The lowest BCUT2D eigenvalue weighted by atomic mass is 9.95. The monoisotopic (exact) mass is 259 g/mol. The number of methoxy groups -OCH3 is 1. The van der Waals surface area contributed by atoms with Crippen LogP contribution in [0.15, 0.2) is 4.42 Å². The Kier molecular flexibility index (Phi) is 3.58. The molecule has 2 atom stereocenters. The third-order valence-electron chi connectivity index (χ3n) is 3.19. The van der Waals surface area contributed by atoms with Crippen LogP contribution in [-0.4, -0.2) is 36.0 Å². The van der Waals surface area contributed by atoms with E-state index in [2.05, 4.69) is 22.0 Å². The Morgan fingerprint density at radius 1 is 1.53 bits per heavy atom. The third kappa shape index (κ3) is 2.72. The van der Waals surface area contributed by atoms with Crippen molar-refractivity contribution in [2.75, 3.05) is 25.1 Å². The third-order valence-corrected chi connectivity index (χ3v) is 3.38. The van der Waals surface area contributed by atoms with Gasteiger partial charge in [0.15, 0.2) is 0 Å². The van der Waals surface area contributed by atoms with Crippen molar-refractivity contribution in [1.29, 1.82) is 0 Å². The molecule has 0 aliphatic carbocycles. The minimum Gasteiger partial charge on any atom is -0.406 e. The maximum absolute atomic E-state index is 5.90. The molecule has 0 N–H and O–H groups in total. The zero-order valence-electron chi connectivity index (χ0n) is 10.4. The van der Waals surface area contributed by atoms with Crippen LogP contribution in [0.4, 0.5) is 6.01 Å². The number of alkyl halides is 1. The van der Waals surface area contributed by atoms with Crippen LogP contribution in [0, 0.1) is 0 Å². The average Bonchev–Trinajstić information content (AvgIpc) is 2.78. The van der Waals surface area contributed by atoms with Gasteiger partial charge in [-0.2, -0.15) is 0 Å². The first kappa shape index (κ1) is 12.6.